The molecule has 0 spiro atoms. The standard InChI is InChI=1S/C19H16FN3O3/c20-14-7-6-13-10-15(19(26)23-16(13)11-14)18(25)22-9-8-21-17(24)12-4-2-1-3-5-12/h1-7,10-11H,8-9H2,(H,21,24)(H,22,25)(H,23,26). The van der Waals surface area contributed by atoms with Crippen molar-refractivity contribution in [2.75, 3.05) is 13.1 Å². The van der Waals surface area contributed by atoms with Crippen LogP contribution in [-0.2, 0) is 0 Å². The average molecular weight is 353 g/mol. The van der Waals surface area contributed by atoms with Crippen LogP contribution in [0.25, 0.3) is 10.9 Å². The Hall–Kier alpha value is -3.48. The van der Waals surface area contributed by atoms with Gasteiger partial charge in [-0.2, -0.15) is 0 Å². The number of nitrogens with one attached hydrogen (secondary N) is 3. The lowest BCUT2D eigenvalue weighted by molar-refractivity contribution is 0.0927. The Morgan fingerprint density at radius 1 is 0.923 bits per heavy atom. The van der Waals surface area contributed by atoms with E-state index < -0.39 is 17.3 Å². The maximum Gasteiger partial charge on any atom is 0.261 e. The van der Waals surface area contributed by atoms with Crippen molar-refractivity contribution in [2.24, 2.45) is 0 Å². The van der Waals surface area contributed by atoms with Gasteiger partial charge in [0.2, 0.25) is 0 Å². The van der Waals surface area contributed by atoms with Gasteiger partial charge < -0.3 is 15.6 Å². The van der Waals surface area contributed by atoms with Gasteiger partial charge in [0.25, 0.3) is 17.4 Å². The summed E-state index contributed by atoms with van der Waals surface area (Å²) in [5.41, 5.74) is 0.172. The highest BCUT2D eigenvalue weighted by Crippen LogP contribution is 2.12. The van der Waals surface area contributed by atoms with Gasteiger partial charge in [0.05, 0.1) is 5.52 Å². The van der Waals surface area contributed by atoms with Crippen LogP contribution in [0.5, 0.6) is 0 Å². The van der Waals surface area contributed by atoms with Crippen molar-refractivity contribution >= 4 is 22.7 Å². The molecule has 0 saturated carbocycles. The highest BCUT2D eigenvalue weighted by molar-refractivity contribution is 5.97. The van der Waals surface area contributed by atoms with Gasteiger partial charge in [0, 0.05) is 18.7 Å². The molecule has 0 atom stereocenters. The van der Waals surface area contributed by atoms with E-state index in [9.17, 15) is 18.8 Å². The van der Waals surface area contributed by atoms with Gasteiger partial charge in [-0.3, -0.25) is 14.4 Å². The number of carbonyl (C=O) groups excluding carboxylic acids is 2. The van der Waals surface area contributed by atoms with Crippen molar-refractivity contribution in [1.82, 2.24) is 15.6 Å². The van der Waals surface area contributed by atoms with Gasteiger partial charge in [0.15, 0.2) is 0 Å². The summed E-state index contributed by atoms with van der Waals surface area (Å²) < 4.78 is 13.2. The number of amides is 2. The molecule has 3 aromatic rings. The van der Waals surface area contributed by atoms with E-state index in [0.717, 1.165) is 0 Å². The molecular weight excluding hydrogens is 337 g/mol. The van der Waals surface area contributed by atoms with Crippen molar-refractivity contribution < 1.29 is 14.0 Å². The highest BCUT2D eigenvalue weighted by Gasteiger charge is 2.12. The topological polar surface area (TPSA) is 91.1 Å². The van der Waals surface area contributed by atoms with Crippen LogP contribution >= 0.6 is 0 Å². The molecule has 3 N–H and O–H groups in total. The van der Waals surface area contributed by atoms with Crippen LogP contribution in [0.3, 0.4) is 0 Å². The fourth-order valence-electron chi connectivity index (χ4n) is 2.48. The van der Waals surface area contributed by atoms with E-state index in [2.05, 4.69) is 15.6 Å². The maximum absolute atomic E-state index is 13.2. The van der Waals surface area contributed by atoms with Crippen LogP contribution in [0.15, 0.2) is 59.4 Å². The van der Waals surface area contributed by atoms with Crippen LogP contribution < -0.4 is 16.2 Å². The second kappa shape index (κ2) is 7.60. The first-order valence-corrected chi connectivity index (χ1v) is 7.98. The van der Waals surface area contributed by atoms with E-state index in [1.807, 2.05) is 6.07 Å². The number of hydrogen-bond acceptors (Lipinski definition) is 3. The number of benzene rings is 2. The minimum absolute atomic E-state index is 0.0708. The Kier molecular flexibility index (Phi) is 5.07. The molecule has 26 heavy (non-hydrogen) atoms. The second-order valence-corrected chi connectivity index (χ2v) is 5.62. The first kappa shape index (κ1) is 17.3. The summed E-state index contributed by atoms with van der Waals surface area (Å²) >= 11 is 0. The Morgan fingerprint density at radius 2 is 1.62 bits per heavy atom. The lowest BCUT2D eigenvalue weighted by atomic mass is 10.1. The van der Waals surface area contributed by atoms with Gasteiger partial charge in [0.1, 0.15) is 11.4 Å². The van der Waals surface area contributed by atoms with Gasteiger partial charge in [-0.15, -0.1) is 0 Å². The number of aromatic nitrogens is 1. The molecule has 7 heteroatoms. The molecule has 0 aliphatic heterocycles. The molecule has 0 bridgehead atoms. The molecule has 0 aliphatic carbocycles. The van der Waals surface area contributed by atoms with Crippen LogP contribution in [0.1, 0.15) is 20.7 Å². The van der Waals surface area contributed by atoms with Gasteiger partial charge in [-0.1, -0.05) is 18.2 Å². The first-order valence-electron chi connectivity index (χ1n) is 7.98. The van der Waals surface area contributed by atoms with Gasteiger partial charge >= 0.3 is 0 Å². The smallest absolute Gasteiger partial charge is 0.261 e. The van der Waals surface area contributed by atoms with E-state index >= 15 is 0 Å². The van der Waals surface area contributed by atoms with Gasteiger partial charge in [-0.25, -0.2) is 4.39 Å². The van der Waals surface area contributed by atoms with E-state index in [-0.39, 0.29) is 24.6 Å². The summed E-state index contributed by atoms with van der Waals surface area (Å²) in [6.45, 7) is 0.383. The summed E-state index contributed by atoms with van der Waals surface area (Å²) in [5.74, 6) is -1.28. The minimum atomic E-state index is -0.603. The molecule has 2 aromatic carbocycles. The molecule has 0 aliphatic rings. The molecule has 0 radical (unpaired) electrons. The highest BCUT2D eigenvalue weighted by atomic mass is 19.1. The zero-order chi connectivity index (χ0) is 18.5. The molecule has 0 saturated heterocycles. The van der Waals surface area contributed by atoms with Crippen LogP contribution in [-0.4, -0.2) is 29.9 Å². The third kappa shape index (κ3) is 3.94. The lowest BCUT2D eigenvalue weighted by Crippen LogP contribution is -2.36. The number of rotatable bonds is 5. The number of halogens is 1. The Labute approximate surface area is 148 Å². The molecule has 3 rings (SSSR count). The molecule has 132 valence electrons. The normalized spacial score (nSPS) is 10.5. The Morgan fingerprint density at radius 3 is 2.35 bits per heavy atom. The van der Waals surface area contributed by atoms with E-state index in [0.29, 0.717) is 16.5 Å². The summed E-state index contributed by atoms with van der Waals surface area (Å²) in [6.07, 6.45) is 0. The summed E-state index contributed by atoms with van der Waals surface area (Å²) in [6, 6.07) is 14.0. The fourth-order valence-corrected chi connectivity index (χ4v) is 2.48. The summed E-state index contributed by atoms with van der Waals surface area (Å²) in [7, 11) is 0. The molecule has 6 nitrogen and oxygen atoms in total. The maximum atomic E-state index is 13.2. The third-order valence-electron chi connectivity index (χ3n) is 3.78. The van der Waals surface area contributed by atoms with Crippen LogP contribution in [0, 0.1) is 5.82 Å². The molecular formula is C19H16FN3O3. The summed E-state index contributed by atoms with van der Waals surface area (Å²) in [4.78, 5) is 38.5. The Balaban J connectivity index is 1.59. The predicted molar refractivity (Wildman–Crippen MR) is 95.6 cm³/mol. The number of carbonyl (C=O) groups is 2. The fraction of sp³-hybridized carbons (Fsp3) is 0.105. The summed E-state index contributed by atoms with van der Waals surface area (Å²) in [5, 5.41) is 5.80. The average Bonchev–Trinajstić information content (AvgIpc) is 2.65. The van der Waals surface area contributed by atoms with Crippen molar-refractivity contribution in [3.8, 4) is 0 Å². The molecule has 0 unspecified atom stereocenters. The number of H-pyrrole nitrogens is 1. The van der Waals surface area contributed by atoms with Crippen LogP contribution in [0.4, 0.5) is 4.39 Å². The first-order chi connectivity index (χ1) is 12.5. The van der Waals surface area contributed by atoms with Crippen LogP contribution in [0.2, 0.25) is 0 Å². The van der Waals surface area contributed by atoms with Crippen molar-refractivity contribution in [3.05, 3.63) is 81.9 Å². The lowest BCUT2D eigenvalue weighted by Gasteiger charge is -2.07. The van der Waals surface area contributed by atoms with E-state index in [4.69, 9.17) is 0 Å². The number of aromatic amines is 1. The van der Waals surface area contributed by atoms with Crippen molar-refractivity contribution in [2.45, 2.75) is 0 Å². The number of pyridine rings is 1. The zero-order valence-corrected chi connectivity index (χ0v) is 13.7. The van der Waals surface area contributed by atoms with Gasteiger partial charge in [-0.05, 0) is 41.8 Å². The zero-order valence-electron chi connectivity index (χ0n) is 13.7. The SMILES string of the molecule is O=C(NCCNC(=O)c1cc2ccc(F)cc2[nH]c1=O)c1ccccc1. The molecule has 1 aromatic heterocycles. The molecule has 1 heterocycles. The predicted octanol–water partition coefficient (Wildman–Crippen LogP) is 1.83. The quantitative estimate of drug-likeness (QED) is 0.611. The Bertz CT molecular complexity index is 1020. The largest absolute Gasteiger partial charge is 0.350 e. The second-order valence-electron chi connectivity index (χ2n) is 5.62. The third-order valence-corrected chi connectivity index (χ3v) is 3.78. The van der Waals surface area contributed by atoms with Crippen molar-refractivity contribution in [3.63, 3.8) is 0 Å². The number of fused-ring (bicyclic) bond motifs is 1. The van der Waals surface area contributed by atoms with E-state index in [1.165, 1.54) is 24.3 Å². The molecule has 2 amide bonds. The van der Waals surface area contributed by atoms with E-state index in [1.54, 1.807) is 24.3 Å². The minimum Gasteiger partial charge on any atom is -0.350 e. The van der Waals surface area contributed by atoms with Crippen molar-refractivity contribution in [1.29, 1.82) is 0 Å². The monoisotopic (exact) mass is 353 g/mol. The molecule has 0 fully saturated rings. The number of hydrogen-bond donors (Lipinski definition) is 3.